The average Bonchev–Trinajstić information content (AvgIpc) is 2.78. The summed E-state index contributed by atoms with van der Waals surface area (Å²) in [5.74, 6) is 0.441. The van der Waals surface area contributed by atoms with Crippen molar-refractivity contribution in [3.8, 4) is 0 Å². The topological polar surface area (TPSA) is 67.2 Å². The number of nitrogens with zero attached hydrogens (tertiary/aromatic N) is 1. The molecule has 0 aliphatic heterocycles. The van der Waals surface area contributed by atoms with Crippen molar-refractivity contribution in [3.05, 3.63) is 47.9 Å². The number of amides is 1. The number of hydrogen-bond acceptors (Lipinski definition) is 4. The van der Waals surface area contributed by atoms with Gasteiger partial charge in [-0.05, 0) is 19.1 Å². The van der Waals surface area contributed by atoms with Crippen LogP contribution in [0.15, 0.2) is 34.9 Å². The number of anilines is 1. The Bertz CT molecular complexity index is 569. The fourth-order valence-corrected chi connectivity index (χ4v) is 1.52. The molecular formula is C13H14FN3O2. The fraction of sp³-hybridized carbons (Fsp3) is 0.231. The summed E-state index contributed by atoms with van der Waals surface area (Å²) in [7, 11) is 0. The number of benzene rings is 1. The predicted octanol–water partition coefficient (Wildman–Crippen LogP) is 1.85. The largest absolute Gasteiger partial charge is 0.445 e. The van der Waals surface area contributed by atoms with Crippen molar-refractivity contribution in [1.82, 2.24) is 10.3 Å². The molecule has 2 N–H and O–H groups in total. The van der Waals surface area contributed by atoms with Gasteiger partial charge in [0, 0.05) is 0 Å². The highest BCUT2D eigenvalue weighted by Crippen LogP contribution is 2.11. The summed E-state index contributed by atoms with van der Waals surface area (Å²) in [6, 6.07) is 6.01. The molecule has 0 unspecified atom stereocenters. The average molecular weight is 263 g/mol. The molecule has 1 aromatic heterocycles. The summed E-state index contributed by atoms with van der Waals surface area (Å²) in [5.41, 5.74) is 0.168. The zero-order chi connectivity index (χ0) is 13.7. The van der Waals surface area contributed by atoms with E-state index in [1.807, 2.05) is 0 Å². The molecule has 0 saturated carbocycles. The van der Waals surface area contributed by atoms with E-state index in [0.29, 0.717) is 18.2 Å². The molecule has 0 fully saturated rings. The van der Waals surface area contributed by atoms with Crippen LogP contribution in [0, 0.1) is 12.7 Å². The Balaban J connectivity index is 1.77. The van der Waals surface area contributed by atoms with Crippen LogP contribution < -0.4 is 10.6 Å². The Kier molecular flexibility index (Phi) is 4.25. The number of rotatable bonds is 5. The van der Waals surface area contributed by atoms with Crippen molar-refractivity contribution in [1.29, 1.82) is 0 Å². The van der Waals surface area contributed by atoms with Crippen molar-refractivity contribution in [2.45, 2.75) is 13.5 Å². The molecular weight excluding hydrogens is 249 g/mol. The van der Waals surface area contributed by atoms with E-state index in [1.165, 1.54) is 12.1 Å². The first kappa shape index (κ1) is 13.2. The molecule has 0 aliphatic rings. The Hall–Kier alpha value is -2.21. The van der Waals surface area contributed by atoms with E-state index in [-0.39, 0.29) is 18.1 Å². The molecule has 2 rings (SSSR count). The van der Waals surface area contributed by atoms with Crippen molar-refractivity contribution < 1.29 is 13.6 Å². The summed E-state index contributed by atoms with van der Waals surface area (Å²) in [5, 5.41) is 5.34. The van der Waals surface area contributed by atoms with Gasteiger partial charge in [0.2, 0.25) is 11.8 Å². The highest BCUT2D eigenvalue weighted by Gasteiger charge is 2.06. The highest BCUT2D eigenvalue weighted by molar-refractivity contribution is 5.92. The minimum atomic E-state index is -0.459. The molecule has 2 aromatic rings. The van der Waals surface area contributed by atoms with E-state index in [4.69, 9.17) is 4.42 Å². The minimum Gasteiger partial charge on any atom is -0.445 e. The minimum absolute atomic E-state index is 0.0514. The van der Waals surface area contributed by atoms with Crippen LogP contribution in [0.1, 0.15) is 11.7 Å². The summed E-state index contributed by atoms with van der Waals surface area (Å²) in [6.45, 7) is 2.19. The summed E-state index contributed by atoms with van der Waals surface area (Å²) in [4.78, 5) is 15.6. The number of aryl methyl sites for hydroxylation is 1. The molecule has 6 heteroatoms. The van der Waals surface area contributed by atoms with E-state index >= 15 is 0 Å². The Morgan fingerprint density at radius 3 is 2.89 bits per heavy atom. The van der Waals surface area contributed by atoms with Gasteiger partial charge in [-0.2, -0.15) is 0 Å². The number of para-hydroxylation sites is 1. The van der Waals surface area contributed by atoms with Crippen LogP contribution in [-0.4, -0.2) is 17.4 Å². The van der Waals surface area contributed by atoms with E-state index in [2.05, 4.69) is 15.6 Å². The maximum atomic E-state index is 13.3. The quantitative estimate of drug-likeness (QED) is 0.864. The molecule has 1 heterocycles. The van der Waals surface area contributed by atoms with Crippen molar-refractivity contribution in [2.24, 2.45) is 0 Å². The van der Waals surface area contributed by atoms with Gasteiger partial charge in [-0.3, -0.25) is 10.1 Å². The zero-order valence-corrected chi connectivity index (χ0v) is 10.4. The Labute approximate surface area is 109 Å². The van der Waals surface area contributed by atoms with Crippen LogP contribution in [0.5, 0.6) is 0 Å². The Morgan fingerprint density at radius 2 is 2.21 bits per heavy atom. The number of aromatic nitrogens is 1. The third kappa shape index (κ3) is 3.89. The van der Waals surface area contributed by atoms with Gasteiger partial charge in [0.25, 0.3) is 0 Å². The number of carbonyl (C=O) groups excluding carboxylic acids is 1. The number of oxazole rings is 1. The van der Waals surface area contributed by atoms with E-state index < -0.39 is 5.82 Å². The van der Waals surface area contributed by atoms with Crippen molar-refractivity contribution in [2.75, 3.05) is 11.9 Å². The van der Waals surface area contributed by atoms with E-state index in [9.17, 15) is 9.18 Å². The lowest BCUT2D eigenvalue weighted by atomic mass is 10.3. The molecule has 1 amide bonds. The van der Waals surface area contributed by atoms with Crippen LogP contribution in [-0.2, 0) is 11.3 Å². The second kappa shape index (κ2) is 6.10. The molecule has 19 heavy (non-hydrogen) atoms. The third-order valence-electron chi connectivity index (χ3n) is 2.38. The molecule has 0 aliphatic carbocycles. The molecule has 5 nitrogen and oxygen atoms in total. The van der Waals surface area contributed by atoms with Crippen LogP contribution in [0.4, 0.5) is 10.1 Å². The van der Waals surface area contributed by atoms with Gasteiger partial charge in [0.1, 0.15) is 11.6 Å². The second-order valence-electron chi connectivity index (χ2n) is 4.00. The van der Waals surface area contributed by atoms with Crippen LogP contribution >= 0.6 is 0 Å². The van der Waals surface area contributed by atoms with Gasteiger partial charge in [0.05, 0.1) is 25.0 Å². The lowest BCUT2D eigenvalue weighted by Gasteiger charge is -2.06. The van der Waals surface area contributed by atoms with Gasteiger partial charge in [-0.1, -0.05) is 12.1 Å². The van der Waals surface area contributed by atoms with Crippen molar-refractivity contribution in [3.63, 3.8) is 0 Å². The predicted molar refractivity (Wildman–Crippen MR) is 68.0 cm³/mol. The second-order valence-corrected chi connectivity index (χ2v) is 4.00. The first-order chi connectivity index (χ1) is 9.15. The van der Waals surface area contributed by atoms with Crippen LogP contribution in [0.2, 0.25) is 0 Å². The van der Waals surface area contributed by atoms with Crippen LogP contribution in [0.3, 0.4) is 0 Å². The standard InChI is InChI=1S/C13H14FN3O2/c1-9-6-16-13(19-9)8-15-7-12(18)17-11-5-3-2-4-10(11)14/h2-6,15H,7-8H2,1H3,(H,17,18). The van der Waals surface area contributed by atoms with Gasteiger partial charge >= 0.3 is 0 Å². The lowest BCUT2D eigenvalue weighted by Crippen LogP contribution is -2.28. The molecule has 0 bridgehead atoms. The summed E-state index contributed by atoms with van der Waals surface area (Å²) < 4.78 is 18.5. The van der Waals surface area contributed by atoms with E-state index in [1.54, 1.807) is 25.3 Å². The SMILES string of the molecule is Cc1cnc(CNCC(=O)Nc2ccccc2F)o1. The zero-order valence-electron chi connectivity index (χ0n) is 10.4. The van der Waals surface area contributed by atoms with Gasteiger partial charge in [0.15, 0.2) is 0 Å². The first-order valence-corrected chi connectivity index (χ1v) is 5.81. The number of halogens is 1. The molecule has 0 saturated heterocycles. The van der Waals surface area contributed by atoms with Crippen molar-refractivity contribution >= 4 is 11.6 Å². The van der Waals surface area contributed by atoms with Gasteiger partial charge < -0.3 is 9.73 Å². The smallest absolute Gasteiger partial charge is 0.238 e. The highest BCUT2D eigenvalue weighted by atomic mass is 19.1. The van der Waals surface area contributed by atoms with Gasteiger partial charge in [-0.15, -0.1) is 0 Å². The first-order valence-electron chi connectivity index (χ1n) is 5.81. The fourth-order valence-electron chi connectivity index (χ4n) is 1.52. The summed E-state index contributed by atoms with van der Waals surface area (Å²) >= 11 is 0. The van der Waals surface area contributed by atoms with E-state index in [0.717, 1.165) is 0 Å². The monoisotopic (exact) mass is 263 g/mol. The third-order valence-corrected chi connectivity index (χ3v) is 2.38. The van der Waals surface area contributed by atoms with Gasteiger partial charge in [-0.25, -0.2) is 9.37 Å². The number of hydrogen-bond donors (Lipinski definition) is 2. The maximum Gasteiger partial charge on any atom is 0.238 e. The normalized spacial score (nSPS) is 10.4. The molecule has 0 atom stereocenters. The summed E-state index contributed by atoms with van der Waals surface area (Å²) in [6.07, 6.45) is 1.61. The molecule has 100 valence electrons. The molecule has 0 spiro atoms. The number of carbonyl (C=O) groups is 1. The van der Waals surface area contributed by atoms with Crippen LogP contribution in [0.25, 0.3) is 0 Å². The number of nitrogens with one attached hydrogen (secondary N) is 2. The Morgan fingerprint density at radius 1 is 1.42 bits per heavy atom. The lowest BCUT2D eigenvalue weighted by molar-refractivity contribution is -0.115. The molecule has 0 radical (unpaired) electrons. The molecule has 1 aromatic carbocycles. The maximum absolute atomic E-state index is 13.3.